The maximum atomic E-state index is 6.10. The largest absolute Gasteiger partial charge is 0.489 e. The van der Waals surface area contributed by atoms with E-state index < -0.39 is 0 Å². The van der Waals surface area contributed by atoms with E-state index in [4.69, 9.17) is 4.74 Å². The zero-order chi connectivity index (χ0) is 14.5. The van der Waals surface area contributed by atoms with E-state index in [9.17, 15) is 0 Å². The molecule has 21 heavy (non-hydrogen) atoms. The molecular formula is C18H20BrNO. The van der Waals surface area contributed by atoms with E-state index in [-0.39, 0.29) is 0 Å². The summed E-state index contributed by atoms with van der Waals surface area (Å²) in [5.41, 5.74) is 2.63. The molecule has 0 atom stereocenters. The topological polar surface area (TPSA) is 21.3 Å². The van der Waals surface area contributed by atoms with Gasteiger partial charge in [-0.2, -0.15) is 0 Å². The van der Waals surface area contributed by atoms with Crippen molar-refractivity contribution in [3.63, 3.8) is 0 Å². The van der Waals surface area contributed by atoms with Gasteiger partial charge in [0, 0.05) is 0 Å². The van der Waals surface area contributed by atoms with E-state index in [0.29, 0.717) is 6.10 Å². The Morgan fingerprint density at radius 2 is 1.76 bits per heavy atom. The lowest BCUT2D eigenvalue weighted by molar-refractivity contribution is 0.161. The summed E-state index contributed by atoms with van der Waals surface area (Å²) in [6.07, 6.45) is 3.45. The van der Waals surface area contributed by atoms with Gasteiger partial charge in [-0.3, -0.25) is 0 Å². The molecule has 1 N–H and O–H groups in total. The van der Waals surface area contributed by atoms with Crippen molar-refractivity contribution in [2.24, 2.45) is 0 Å². The highest BCUT2D eigenvalue weighted by molar-refractivity contribution is 9.10. The Hall–Kier alpha value is -1.32. The van der Waals surface area contributed by atoms with Gasteiger partial charge < -0.3 is 10.1 Å². The molecule has 3 heteroatoms. The summed E-state index contributed by atoms with van der Waals surface area (Å²) in [6, 6.07) is 17.0. The third-order valence-electron chi connectivity index (χ3n) is 3.83. The van der Waals surface area contributed by atoms with Crippen LogP contribution in [0.1, 0.15) is 24.0 Å². The van der Waals surface area contributed by atoms with Gasteiger partial charge >= 0.3 is 0 Å². The first kappa shape index (κ1) is 14.6. The molecule has 1 aliphatic heterocycles. The lowest BCUT2D eigenvalue weighted by Gasteiger charge is -2.24. The molecule has 0 saturated carbocycles. The summed E-state index contributed by atoms with van der Waals surface area (Å²) in [7, 11) is 0. The number of ether oxygens (including phenoxy) is 1. The molecule has 1 saturated heterocycles. The molecule has 0 amide bonds. The molecule has 2 aromatic rings. The van der Waals surface area contributed by atoms with E-state index >= 15 is 0 Å². The van der Waals surface area contributed by atoms with Gasteiger partial charge in [-0.25, -0.2) is 0 Å². The Balaban J connectivity index is 1.67. The van der Waals surface area contributed by atoms with Gasteiger partial charge in [0.1, 0.15) is 11.9 Å². The number of rotatable bonds is 4. The van der Waals surface area contributed by atoms with Crippen LogP contribution in [0.15, 0.2) is 53.0 Å². The second-order valence-electron chi connectivity index (χ2n) is 5.49. The van der Waals surface area contributed by atoms with Crippen molar-refractivity contribution in [3.8, 4) is 5.75 Å². The molecule has 1 heterocycles. The first-order valence-electron chi connectivity index (χ1n) is 7.51. The molecule has 1 fully saturated rings. The van der Waals surface area contributed by atoms with Crippen molar-refractivity contribution in [2.75, 3.05) is 13.1 Å². The van der Waals surface area contributed by atoms with Gasteiger partial charge in [0.25, 0.3) is 0 Å². The van der Waals surface area contributed by atoms with Crippen molar-refractivity contribution >= 4 is 15.9 Å². The van der Waals surface area contributed by atoms with E-state index in [1.807, 2.05) is 0 Å². The van der Waals surface area contributed by atoms with Crippen molar-refractivity contribution in [1.82, 2.24) is 5.32 Å². The van der Waals surface area contributed by atoms with Crippen LogP contribution in [0.5, 0.6) is 5.75 Å². The number of hydrogen-bond donors (Lipinski definition) is 1. The summed E-state index contributed by atoms with van der Waals surface area (Å²) in [4.78, 5) is 0. The van der Waals surface area contributed by atoms with E-state index in [1.165, 1.54) is 11.1 Å². The van der Waals surface area contributed by atoms with Crippen molar-refractivity contribution in [1.29, 1.82) is 0 Å². The lowest BCUT2D eigenvalue weighted by atomic mass is 10.0. The molecule has 3 rings (SSSR count). The van der Waals surface area contributed by atoms with Crippen LogP contribution in [-0.4, -0.2) is 19.2 Å². The highest BCUT2D eigenvalue weighted by Crippen LogP contribution is 2.29. The minimum Gasteiger partial charge on any atom is -0.489 e. The zero-order valence-corrected chi connectivity index (χ0v) is 13.6. The first-order chi connectivity index (χ1) is 10.3. The molecule has 0 aliphatic carbocycles. The van der Waals surface area contributed by atoms with Crippen LogP contribution < -0.4 is 10.1 Å². The second-order valence-corrected chi connectivity index (χ2v) is 6.35. The Morgan fingerprint density at radius 1 is 1.00 bits per heavy atom. The normalized spacial score (nSPS) is 15.9. The van der Waals surface area contributed by atoms with Crippen LogP contribution in [0.2, 0.25) is 0 Å². The summed E-state index contributed by atoms with van der Waals surface area (Å²) in [5.74, 6) is 0.957. The molecule has 0 spiro atoms. The van der Waals surface area contributed by atoms with Crippen LogP contribution in [0.25, 0.3) is 0 Å². The Morgan fingerprint density at radius 3 is 2.48 bits per heavy atom. The highest BCUT2D eigenvalue weighted by Gasteiger charge is 2.15. The molecule has 0 bridgehead atoms. The molecule has 110 valence electrons. The van der Waals surface area contributed by atoms with Crippen molar-refractivity contribution in [3.05, 3.63) is 64.1 Å². The number of hydrogen-bond acceptors (Lipinski definition) is 2. The smallest absolute Gasteiger partial charge is 0.133 e. The Bertz CT molecular complexity index is 579. The van der Waals surface area contributed by atoms with Crippen molar-refractivity contribution < 1.29 is 4.74 Å². The molecule has 0 aromatic heterocycles. The van der Waals surface area contributed by atoms with E-state index in [0.717, 1.165) is 42.6 Å². The Labute approximate surface area is 134 Å². The Kier molecular flexibility index (Phi) is 4.94. The quantitative estimate of drug-likeness (QED) is 0.897. The summed E-state index contributed by atoms with van der Waals surface area (Å²) in [5, 5.41) is 3.36. The average Bonchev–Trinajstić information content (AvgIpc) is 2.52. The minimum absolute atomic E-state index is 0.336. The SMILES string of the molecule is Brc1cc(Cc2ccccc2)ccc1OC1CCNCC1. The zero-order valence-electron chi connectivity index (χ0n) is 12.0. The fraction of sp³-hybridized carbons (Fsp3) is 0.333. The third kappa shape index (κ3) is 4.08. The number of benzene rings is 2. The minimum atomic E-state index is 0.336. The van der Waals surface area contributed by atoms with Crippen LogP contribution in [-0.2, 0) is 6.42 Å². The lowest BCUT2D eigenvalue weighted by Crippen LogP contribution is -2.34. The standard InChI is InChI=1S/C18H20BrNO/c19-17-13-15(12-14-4-2-1-3-5-14)6-7-18(17)21-16-8-10-20-11-9-16/h1-7,13,16,20H,8-12H2. The fourth-order valence-electron chi connectivity index (χ4n) is 2.67. The molecule has 0 unspecified atom stereocenters. The maximum absolute atomic E-state index is 6.10. The third-order valence-corrected chi connectivity index (χ3v) is 4.45. The average molecular weight is 346 g/mol. The molecule has 0 radical (unpaired) electrons. The second kappa shape index (κ2) is 7.10. The van der Waals surface area contributed by atoms with Gasteiger partial charge in [0.15, 0.2) is 0 Å². The molecule has 2 aromatic carbocycles. The number of halogens is 1. The van der Waals surface area contributed by atoms with Crippen LogP contribution in [0.3, 0.4) is 0 Å². The number of piperidine rings is 1. The predicted octanol–water partition coefficient (Wildman–Crippen LogP) is 4.17. The summed E-state index contributed by atoms with van der Waals surface area (Å²) in [6.45, 7) is 2.10. The highest BCUT2D eigenvalue weighted by atomic mass is 79.9. The van der Waals surface area contributed by atoms with Crippen molar-refractivity contribution in [2.45, 2.75) is 25.4 Å². The van der Waals surface area contributed by atoms with Gasteiger partial charge in [0.05, 0.1) is 4.47 Å². The van der Waals surface area contributed by atoms with Crippen LogP contribution >= 0.6 is 15.9 Å². The van der Waals surface area contributed by atoms with Gasteiger partial charge in [-0.05, 0) is 71.5 Å². The molecule has 2 nitrogen and oxygen atoms in total. The summed E-state index contributed by atoms with van der Waals surface area (Å²) >= 11 is 3.65. The van der Waals surface area contributed by atoms with Crippen LogP contribution in [0.4, 0.5) is 0 Å². The fourth-order valence-corrected chi connectivity index (χ4v) is 3.19. The van der Waals surface area contributed by atoms with Crippen LogP contribution in [0, 0.1) is 0 Å². The molecule has 1 aliphatic rings. The van der Waals surface area contributed by atoms with Gasteiger partial charge in [-0.15, -0.1) is 0 Å². The number of nitrogens with one attached hydrogen (secondary N) is 1. The maximum Gasteiger partial charge on any atom is 0.133 e. The van der Waals surface area contributed by atoms with E-state index in [1.54, 1.807) is 0 Å². The first-order valence-corrected chi connectivity index (χ1v) is 8.30. The predicted molar refractivity (Wildman–Crippen MR) is 89.9 cm³/mol. The van der Waals surface area contributed by atoms with Gasteiger partial charge in [0.2, 0.25) is 0 Å². The molecular weight excluding hydrogens is 326 g/mol. The monoisotopic (exact) mass is 345 g/mol. The summed E-state index contributed by atoms with van der Waals surface area (Å²) < 4.78 is 7.15. The van der Waals surface area contributed by atoms with E-state index in [2.05, 4.69) is 69.8 Å². The van der Waals surface area contributed by atoms with Gasteiger partial charge in [-0.1, -0.05) is 36.4 Å².